The molecule has 3 aliphatic rings. The van der Waals surface area contributed by atoms with Crippen molar-refractivity contribution in [1.82, 2.24) is 9.55 Å². The number of aromatic amines is 1. The Balaban J connectivity index is 1.55. The predicted molar refractivity (Wildman–Crippen MR) is 115 cm³/mol. The van der Waals surface area contributed by atoms with E-state index in [9.17, 15) is 22.8 Å². The van der Waals surface area contributed by atoms with Crippen molar-refractivity contribution >= 4 is 17.4 Å². The van der Waals surface area contributed by atoms with Gasteiger partial charge in [-0.1, -0.05) is 0 Å². The van der Waals surface area contributed by atoms with Crippen LogP contribution in [0.1, 0.15) is 63.9 Å². The number of nitrogens with two attached hydrogens (primary N) is 1. The minimum absolute atomic E-state index is 0.0691. The van der Waals surface area contributed by atoms with E-state index in [1.165, 1.54) is 23.0 Å². The summed E-state index contributed by atoms with van der Waals surface area (Å²) in [6.45, 7) is 0. The van der Waals surface area contributed by atoms with Crippen LogP contribution in [0.2, 0.25) is 0 Å². The number of methoxy groups -OCH3 is 1. The second kappa shape index (κ2) is 7.92. The van der Waals surface area contributed by atoms with E-state index < -0.39 is 47.2 Å². The maximum absolute atomic E-state index is 15.4. The Morgan fingerprint density at radius 3 is 2.64 bits per heavy atom. The Bertz CT molecular complexity index is 1240. The number of ether oxygens (including phenoxy) is 1. The molecule has 6 nitrogen and oxygen atoms in total. The van der Waals surface area contributed by atoms with Gasteiger partial charge in [0.2, 0.25) is 0 Å². The van der Waals surface area contributed by atoms with E-state index in [0.29, 0.717) is 23.4 Å². The highest BCUT2D eigenvalue weighted by Gasteiger charge is 2.44. The van der Waals surface area contributed by atoms with Crippen molar-refractivity contribution in [3.63, 3.8) is 0 Å². The molecule has 1 saturated carbocycles. The zero-order valence-corrected chi connectivity index (χ0v) is 18.6. The maximum atomic E-state index is 15.4. The van der Waals surface area contributed by atoms with Crippen LogP contribution in [0.15, 0.2) is 21.5 Å². The molecule has 4 unspecified atom stereocenters. The molecule has 178 valence electrons. The lowest BCUT2D eigenvalue weighted by Gasteiger charge is -2.31. The molecule has 0 aromatic carbocycles. The monoisotopic (exact) mass is 485 g/mol. The Kier molecular flexibility index (Phi) is 5.41. The quantitative estimate of drug-likeness (QED) is 0.646. The highest BCUT2D eigenvalue weighted by Crippen LogP contribution is 2.50. The van der Waals surface area contributed by atoms with Crippen molar-refractivity contribution in [3.05, 3.63) is 59.3 Å². The van der Waals surface area contributed by atoms with Gasteiger partial charge in [0.15, 0.2) is 0 Å². The average Bonchev–Trinajstić information content (AvgIpc) is 3.49. The summed E-state index contributed by atoms with van der Waals surface area (Å²) in [6.07, 6.45) is -1.76. The molecule has 5 rings (SSSR count). The Hall–Kier alpha value is -2.24. The molecule has 4 atom stereocenters. The summed E-state index contributed by atoms with van der Waals surface area (Å²) in [5.74, 6) is -2.20. The summed E-state index contributed by atoms with van der Waals surface area (Å²) >= 11 is 1.34. The summed E-state index contributed by atoms with van der Waals surface area (Å²) in [7, 11) is 1.40. The fourth-order valence-electron chi connectivity index (χ4n) is 5.07. The average molecular weight is 486 g/mol. The fourth-order valence-corrected chi connectivity index (χ4v) is 6.41. The van der Waals surface area contributed by atoms with Gasteiger partial charge in [-0.3, -0.25) is 14.3 Å². The van der Waals surface area contributed by atoms with Crippen LogP contribution in [-0.2, 0) is 17.6 Å². The predicted octanol–water partition coefficient (Wildman–Crippen LogP) is 3.72. The van der Waals surface area contributed by atoms with Gasteiger partial charge in [-0.25, -0.2) is 9.18 Å². The number of nitrogens with zero attached hydrogens (tertiary/aromatic N) is 1. The zero-order valence-electron chi connectivity index (χ0n) is 17.7. The number of H-pyrrole nitrogens is 1. The summed E-state index contributed by atoms with van der Waals surface area (Å²) in [5.41, 5.74) is 5.40. The van der Waals surface area contributed by atoms with Crippen molar-refractivity contribution in [3.8, 4) is 0 Å². The summed E-state index contributed by atoms with van der Waals surface area (Å²) < 4.78 is 61.9. The van der Waals surface area contributed by atoms with E-state index in [-0.39, 0.29) is 18.0 Å². The summed E-state index contributed by atoms with van der Waals surface area (Å²) in [4.78, 5) is 28.8. The van der Waals surface area contributed by atoms with Crippen LogP contribution < -0.4 is 17.0 Å². The van der Waals surface area contributed by atoms with E-state index in [1.807, 2.05) is 0 Å². The fraction of sp³-hybridized carbons (Fsp3) is 0.545. The van der Waals surface area contributed by atoms with E-state index in [2.05, 4.69) is 4.98 Å². The molecule has 3 N–H and O–H groups in total. The lowest BCUT2D eigenvalue weighted by atomic mass is 9.82. The molecule has 33 heavy (non-hydrogen) atoms. The first-order valence-electron chi connectivity index (χ1n) is 10.8. The molecule has 1 fully saturated rings. The van der Waals surface area contributed by atoms with E-state index in [4.69, 9.17) is 10.5 Å². The van der Waals surface area contributed by atoms with E-state index in [0.717, 1.165) is 29.4 Å². The van der Waals surface area contributed by atoms with Gasteiger partial charge in [-0.2, -0.15) is 13.2 Å². The molecular weight excluding hydrogens is 462 g/mol. The standard InChI is InChI=1S/C22H23F4N3O3S/c1-32-18-16(13(23)8-12-17(18)29(11-3-4-11)21(31)28-20(12)30)15-7-10-6-9(2-5-14(10)33-15)19(27)22(24,25)26/h7-9,11,16,18-19H,2-6,27H2,1H3,(H,28,30,31). The number of alkyl halides is 3. The molecule has 0 radical (unpaired) electrons. The van der Waals surface area contributed by atoms with Gasteiger partial charge in [0.05, 0.1) is 17.2 Å². The molecule has 2 aromatic heterocycles. The number of aromatic nitrogens is 2. The Morgan fingerprint density at radius 2 is 2.00 bits per heavy atom. The number of rotatable bonds is 4. The third kappa shape index (κ3) is 3.79. The van der Waals surface area contributed by atoms with Gasteiger partial charge in [0.1, 0.15) is 18.0 Å². The first-order chi connectivity index (χ1) is 15.6. The summed E-state index contributed by atoms with van der Waals surface area (Å²) in [6, 6.07) is -0.243. The van der Waals surface area contributed by atoms with Gasteiger partial charge in [0.25, 0.3) is 5.56 Å². The number of halogens is 4. The van der Waals surface area contributed by atoms with Crippen LogP contribution in [0.3, 0.4) is 0 Å². The third-order valence-electron chi connectivity index (χ3n) is 6.87. The first kappa shape index (κ1) is 22.5. The van der Waals surface area contributed by atoms with Gasteiger partial charge in [-0.15, -0.1) is 11.3 Å². The number of thiophene rings is 1. The van der Waals surface area contributed by atoms with Crippen molar-refractivity contribution < 1.29 is 22.3 Å². The summed E-state index contributed by atoms with van der Waals surface area (Å²) in [5, 5.41) is 0. The smallest absolute Gasteiger partial charge is 0.374 e. The van der Waals surface area contributed by atoms with Gasteiger partial charge in [0, 0.05) is 22.9 Å². The number of hydrogen-bond acceptors (Lipinski definition) is 5. The van der Waals surface area contributed by atoms with Crippen LogP contribution >= 0.6 is 11.3 Å². The molecule has 0 aliphatic heterocycles. The van der Waals surface area contributed by atoms with Crippen molar-refractivity contribution in [2.45, 2.75) is 62.4 Å². The molecule has 0 saturated heterocycles. The zero-order chi connectivity index (χ0) is 23.7. The SMILES string of the molecule is COC1c2c(c(=O)[nH]c(=O)n2C2CC2)C=C(F)C1c1cc2c(s1)CCC(C(N)C(F)(F)F)C2. The van der Waals surface area contributed by atoms with E-state index in [1.54, 1.807) is 6.07 Å². The Labute approximate surface area is 190 Å². The van der Waals surface area contributed by atoms with Crippen LogP contribution in [0.4, 0.5) is 17.6 Å². The highest BCUT2D eigenvalue weighted by atomic mass is 32.1. The first-order valence-corrected chi connectivity index (χ1v) is 11.6. The van der Waals surface area contributed by atoms with Crippen LogP contribution in [0.5, 0.6) is 0 Å². The van der Waals surface area contributed by atoms with Crippen LogP contribution in [-0.4, -0.2) is 28.9 Å². The van der Waals surface area contributed by atoms with Crippen molar-refractivity contribution in [1.29, 1.82) is 0 Å². The Morgan fingerprint density at radius 1 is 1.27 bits per heavy atom. The van der Waals surface area contributed by atoms with Crippen molar-refractivity contribution in [2.24, 2.45) is 11.7 Å². The number of hydrogen-bond donors (Lipinski definition) is 2. The van der Waals surface area contributed by atoms with Gasteiger partial charge < -0.3 is 10.5 Å². The molecular formula is C22H23F4N3O3S. The lowest BCUT2D eigenvalue weighted by Crippen LogP contribution is -2.45. The highest BCUT2D eigenvalue weighted by molar-refractivity contribution is 7.12. The normalized spacial score (nSPS) is 25.9. The van der Waals surface area contributed by atoms with E-state index >= 15 is 4.39 Å². The van der Waals surface area contributed by atoms with Crippen molar-refractivity contribution in [2.75, 3.05) is 7.11 Å². The molecule has 0 amide bonds. The lowest BCUT2D eigenvalue weighted by molar-refractivity contribution is -0.159. The third-order valence-corrected chi connectivity index (χ3v) is 8.19. The maximum Gasteiger partial charge on any atom is 0.403 e. The number of aryl methyl sites for hydroxylation is 1. The van der Waals surface area contributed by atoms with Crippen LogP contribution in [0, 0.1) is 5.92 Å². The molecule has 2 heterocycles. The molecule has 0 bridgehead atoms. The van der Waals surface area contributed by atoms with Gasteiger partial charge >= 0.3 is 11.9 Å². The molecule has 0 spiro atoms. The van der Waals surface area contributed by atoms with Crippen LogP contribution in [0.25, 0.3) is 6.08 Å². The minimum Gasteiger partial charge on any atom is -0.374 e. The van der Waals surface area contributed by atoms with Gasteiger partial charge in [-0.05, 0) is 55.7 Å². The number of nitrogens with one attached hydrogen (secondary N) is 1. The molecule has 3 aliphatic carbocycles. The largest absolute Gasteiger partial charge is 0.403 e. The molecule has 11 heteroatoms. The topological polar surface area (TPSA) is 90.1 Å². The second-order valence-corrected chi connectivity index (χ2v) is 10.2. The number of fused-ring (bicyclic) bond motifs is 2. The molecule has 2 aromatic rings. The minimum atomic E-state index is -4.47. The second-order valence-electron chi connectivity index (χ2n) is 8.99.